The molecule has 0 saturated carbocycles. The number of rotatable bonds is 2. The van der Waals surface area contributed by atoms with Crippen LogP contribution in [0.25, 0.3) is 0 Å². The molecule has 0 fully saturated rings. The Kier molecular flexibility index (Phi) is 2.74. The summed E-state index contributed by atoms with van der Waals surface area (Å²) in [7, 11) is 0. The fourth-order valence-electron chi connectivity index (χ4n) is 1.14. The molecule has 4 nitrogen and oxygen atoms in total. The van der Waals surface area contributed by atoms with Crippen LogP contribution in [0.3, 0.4) is 0 Å². The van der Waals surface area contributed by atoms with E-state index >= 15 is 0 Å². The van der Waals surface area contributed by atoms with E-state index in [1.165, 1.54) is 0 Å². The van der Waals surface area contributed by atoms with Crippen LogP contribution in [-0.4, -0.2) is 6.03 Å². The Hall–Kier alpha value is -1.71. The third-order valence-electron chi connectivity index (χ3n) is 1.79. The van der Waals surface area contributed by atoms with Crippen molar-refractivity contribution in [2.24, 2.45) is 5.73 Å². The SMILES string of the molecule is CCc1ccc(NC(N)=O)cc1N. The first-order valence-electron chi connectivity index (χ1n) is 4.08. The van der Waals surface area contributed by atoms with E-state index in [1.54, 1.807) is 12.1 Å². The number of carbonyl (C=O) groups is 1. The number of benzene rings is 1. The van der Waals surface area contributed by atoms with Crippen molar-refractivity contribution in [3.8, 4) is 0 Å². The number of hydrogen-bond donors (Lipinski definition) is 3. The molecule has 0 spiro atoms. The molecule has 0 aromatic heterocycles. The van der Waals surface area contributed by atoms with Crippen LogP contribution in [0.5, 0.6) is 0 Å². The van der Waals surface area contributed by atoms with Gasteiger partial charge in [0.1, 0.15) is 0 Å². The van der Waals surface area contributed by atoms with E-state index in [9.17, 15) is 4.79 Å². The lowest BCUT2D eigenvalue weighted by atomic mass is 10.1. The molecule has 0 radical (unpaired) electrons. The molecule has 0 unspecified atom stereocenters. The van der Waals surface area contributed by atoms with Crippen LogP contribution in [0, 0.1) is 0 Å². The first kappa shape index (κ1) is 9.38. The van der Waals surface area contributed by atoms with Crippen LogP contribution < -0.4 is 16.8 Å². The Bertz CT molecular complexity index is 323. The molecule has 0 atom stereocenters. The van der Waals surface area contributed by atoms with Gasteiger partial charge in [0, 0.05) is 11.4 Å². The molecule has 0 saturated heterocycles. The van der Waals surface area contributed by atoms with Crippen LogP contribution in [0.4, 0.5) is 16.2 Å². The zero-order valence-electron chi connectivity index (χ0n) is 7.50. The lowest BCUT2D eigenvalue weighted by Crippen LogP contribution is -2.19. The molecule has 70 valence electrons. The van der Waals surface area contributed by atoms with Crippen molar-refractivity contribution in [1.29, 1.82) is 0 Å². The first-order chi connectivity index (χ1) is 6.13. The maximum Gasteiger partial charge on any atom is 0.316 e. The highest BCUT2D eigenvalue weighted by Crippen LogP contribution is 2.17. The van der Waals surface area contributed by atoms with E-state index in [1.807, 2.05) is 13.0 Å². The maximum atomic E-state index is 10.5. The number of nitrogens with two attached hydrogens (primary N) is 2. The zero-order chi connectivity index (χ0) is 9.84. The van der Waals surface area contributed by atoms with Gasteiger partial charge in [0.25, 0.3) is 0 Å². The summed E-state index contributed by atoms with van der Waals surface area (Å²) >= 11 is 0. The summed E-state index contributed by atoms with van der Waals surface area (Å²) in [4.78, 5) is 10.5. The standard InChI is InChI=1S/C9H13N3O/c1-2-6-3-4-7(5-8(6)10)12-9(11)13/h3-5H,2,10H2,1H3,(H3,11,12,13). The summed E-state index contributed by atoms with van der Waals surface area (Å²) in [6.07, 6.45) is 0.878. The van der Waals surface area contributed by atoms with E-state index in [-0.39, 0.29) is 0 Å². The Morgan fingerprint density at radius 1 is 1.54 bits per heavy atom. The summed E-state index contributed by atoms with van der Waals surface area (Å²) in [6, 6.07) is 4.77. The molecular formula is C9H13N3O. The monoisotopic (exact) mass is 179 g/mol. The van der Waals surface area contributed by atoms with Crippen molar-refractivity contribution in [2.75, 3.05) is 11.1 Å². The average Bonchev–Trinajstić information content (AvgIpc) is 2.03. The zero-order valence-corrected chi connectivity index (χ0v) is 7.50. The molecule has 4 heteroatoms. The number of anilines is 2. The van der Waals surface area contributed by atoms with E-state index in [2.05, 4.69) is 5.32 Å². The molecule has 1 aromatic carbocycles. The molecule has 13 heavy (non-hydrogen) atoms. The molecule has 2 amide bonds. The van der Waals surface area contributed by atoms with Gasteiger partial charge in [0.2, 0.25) is 0 Å². The van der Waals surface area contributed by atoms with Crippen LogP contribution in [0.2, 0.25) is 0 Å². The minimum atomic E-state index is -0.580. The Labute approximate surface area is 76.9 Å². The number of urea groups is 1. The second-order valence-corrected chi connectivity index (χ2v) is 2.76. The highest BCUT2D eigenvalue weighted by Gasteiger charge is 1.99. The lowest BCUT2D eigenvalue weighted by molar-refractivity contribution is 0.259. The van der Waals surface area contributed by atoms with Gasteiger partial charge in [-0.05, 0) is 24.1 Å². The number of primary amides is 1. The Balaban J connectivity index is 2.89. The van der Waals surface area contributed by atoms with Crippen LogP contribution in [-0.2, 0) is 6.42 Å². The predicted molar refractivity (Wildman–Crippen MR) is 53.4 cm³/mol. The summed E-state index contributed by atoms with van der Waals surface area (Å²) in [5.41, 5.74) is 13.0. The minimum absolute atomic E-state index is 0.580. The second kappa shape index (κ2) is 3.80. The van der Waals surface area contributed by atoms with Gasteiger partial charge in [-0.25, -0.2) is 4.79 Å². The summed E-state index contributed by atoms with van der Waals surface area (Å²) in [5.74, 6) is 0. The number of nitrogens with one attached hydrogen (secondary N) is 1. The number of amides is 2. The molecular weight excluding hydrogens is 166 g/mol. The highest BCUT2D eigenvalue weighted by atomic mass is 16.2. The highest BCUT2D eigenvalue weighted by molar-refractivity contribution is 5.88. The first-order valence-corrected chi connectivity index (χ1v) is 4.08. The normalized spacial score (nSPS) is 9.62. The van der Waals surface area contributed by atoms with Gasteiger partial charge in [0.15, 0.2) is 0 Å². The molecule has 0 aliphatic rings. The lowest BCUT2D eigenvalue weighted by Gasteiger charge is -2.06. The van der Waals surface area contributed by atoms with E-state index in [0.29, 0.717) is 11.4 Å². The fourth-order valence-corrected chi connectivity index (χ4v) is 1.14. The third kappa shape index (κ3) is 2.37. The minimum Gasteiger partial charge on any atom is -0.398 e. The van der Waals surface area contributed by atoms with Crippen LogP contribution >= 0.6 is 0 Å². The topological polar surface area (TPSA) is 81.1 Å². The van der Waals surface area contributed by atoms with Gasteiger partial charge >= 0.3 is 6.03 Å². The van der Waals surface area contributed by atoms with Crippen molar-refractivity contribution >= 4 is 17.4 Å². The average molecular weight is 179 g/mol. The van der Waals surface area contributed by atoms with E-state index in [4.69, 9.17) is 11.5 Å². The summed E-state index contributed by atoms with van der Waals surface area (Å²) in [5, 5.41) is 2.46. The van der Waals surface area contributed by atoms with Gasteiger partial charge in [-0.2, -0.15) is 0 Å². The fraction of sp³-hybridized carbons (Fsp3) is 0.222. The van der Waals surface area contributed by atoms with Crippen molar-refractivity contribution in [3.63, 3.8) is 0 Å². The van der Waals surface area contributed by atoms with Crippen LogP contribution in [0.1, 0.15) is 12.5 Å². The number of aryl methyl sites for hydroxylation is 1. The second-order valence-electron chi connectivity index (χ2n) is 2.76. The van der Waals surface area contributed by atoms with Crippen molar-refractivity contribution in [2.45, 2.75) is 13.3 Å². The van der Waals surface area contributed by atoms with Gasteiger partial charge in [-0.3, -0.25) is 0 Å². The van der Waals surface area contributed by atoms with Gasteiger partial charge in [-0.1, -0.05) is 13.0 Å². The van der Waals surface area contributed by atoms with Crippen molar-refractivity contribution in [1.82, 2.24) is 0 Å². The smallest absolute Gasteiger partial charge is 0.316 e. The van der Waals surface area contributed by atoms with Gasteiger partial charge < -0.3 is 16.8 Å². The Morgan fingerprint density at radius 3 is 2.69 bits per heavy atom. The number of nitrogen functional groups attached to an aromatic ring is 1. The Morgan fingerprint density at radius 2 is 2.23 bits per heavy atom. The maximum absolute atomic E-state index is 10.5. The number of carbonyl (C=O) groups excluding carboxylic acids is 1. The molecule has 1 rings (SSSR count). The largest absolute Gasteiger partial charge is 0.398 e. The molecule has 5 N–H and O–H groups in total. The molecule has 0 bridgehead atoms. The van der Waals surface area contributed by atoms with Crippen molar-refractivity contribution in [3.05, 3.63) is 23.8 Å². The number of hydrogen-bond acceptors (Lipinski definition) is 2. The van der Waals surface area contributed by atoms with Crippen LogP contribution in [0.15, 0.2) is 18.2 Å². The molecule has 0 aliphatic carbocycles. The van der Waals surface area contributed by atoms with E-state index in [0.717, 1.165) is 12.0 Å². The quantitative estimate of drug-likeness (QED) is 0.598. The predicted octanol–water partition coefficient (Wildman–Crippen LogP) is 1.32. The molecule has 0 heterocycles. The molecule has 1 aromatic rings. The van der Waals surface area contributed by atoms with Crippen molar-refractivity contribution < 1.29 is 4.79 Å². The summed E-state index contributed by atoms with van der Waals surface area (Å²) < 4.78 is 0. The van der Waals surface area contributed by atoms with Gasteiger partial charge in [0.05, 0.1) is 0 Å². The molecule has 0 aliphatic heterocycles. The summed E-state index contributed by atoms with van der Waals surface area (Å²) in [6.45, 7) is 2.02. The van der Waals surface area contributed by atoms with Gasteiger partial charge in [-0.15, -0.1) is 0 Å². The third-order valence-corrected chi connectivity index (χ3v) is 1.79. The van der Waals surface area contributed by atoms with E-state index < -0.39 is 6.03 Å².